The van der Waals surface area contributed by atoms with E-state index in [0.717, 1.165) is 18.1 Å². The van der Waals surface area contributed by atoms with Gasteiger partial charge in [0, 0.05) is 6.42 Å². The van der Waals surface area contributed by atoms with Crippen molar-refractivity contribution in [2.24, 2.45) is 5.92 Å². The van der Waals surface area contributed by atoms with E-state index in [4.69, 9.17) is 4.42 Å². The Morgan fingerprint density at radius 2 is 2.42 bits per heavy atom. The van der Waals surface area contributed by atoms with Crippen molar-refractivity contribution in [2.45, 2.75) is 31.8 Å². The molecule has 0 amide bonds. The highest BCUT2D eigenvalue weighted by molar-refractivity contribution is 4.99. The van der Waals surface area contributed by atoms with Crippen LogP contribution in [0, 0.1) is 5.92 Å². The molecule has 2 nitrogen and oxygen atoms in total. The fourth-order valence-corrected chi connectivity index (χ4v) is 1.48. The monoisotopic (exact) mass is 166 g/mol. The van der Waals surface area contributed by atoms with Crippen molar-refractivity contribution in [3.05, 3.63) is 24.2 Å². The third-order valence-corrected chi connectivity index (χ3v) is 2.32. The lowest BCUT2D eigenvalue weighted by Gasteiger charge is -2.06. The zero-order valence-corrected chi connectivity index (χ0v) is 7.07. The van der Waals surface area contributed by atoms with Crippen molar-refractivity contribution >= 4 is 0 Å². The van der Waals surface area contributed by atoms with Crippen molar-refractivity contribution in [3.63, 3.8) is 0 Å². The Kier molecular flexibility index (Phi) is 2.17. The quantitative estimate of drug-likeness (QED) is 0.742. The van der Waals surface area contributed by atoms with Crippen LogP contribution in [0.25, 0.3) is 0 Å². The maximum atomic E-state index is 9.57. The van der Waals surface area contributed by atoms with E-state index >= 15 is 0 Å². The minimum Gasteiger partial charge on any atom is -0.469 e. The lowest BCUT2D eigenvalue weighted by Crippen LogP contribution is -2.10. The van der Waals surface area contributed by atoms with Crippen LogP contribution >= 0.6 is 0 Å². The molecule has 1 atom stereocenters. The highest BCUT2D eigenvalue weighted by Crippen LogP contribution is 2.34. The van der Waals surface area contributed by atoms with Gasteiger partial charge in [-0.2, -0.15) is 0 Å². The standard InChI is InChI=1S/C10H14O2/c11-9(6-8-3-4-8)7-10-2-1-5-12-10/h1-2,5,8-9,11H,3-4,6-7H2. The predicted molar refractivity (Wildman–Crippen MR) is 45.8 cm³/mol. The second-order valence-corrected chi connectivity index (χ2v) is 3.62. The summed E-state index contributed by atoms with van der Waals surface area (Å²) in [5, 5.41) is 9.57. The first-order chi connectivity index (χ1) is 5.84. The van der Waals surface area contributed by atoms with Crippen LogP contribution in [0.4, 0.5) is 0 Å². The van der Waals surface area contributed by atoms with Crippen LogP contribution in [-0.2, 0) is 6.42 Å². The Morgan fingerprint density at radius 3 is 3.00 bits per heavy atom. The van der Waals surface area contributed by atoms with Gasteiger partial charge in [0.25, 0.3) is 0 Å². The van der Waals surface area contributed by atoms with Gasteiger partial charge in [0.15, 0.2) is 0 Å². The summed E-state index contributed by atoms with van der Waals surface area (Å²) in [6, 6.07) is 3.77. The molecule has 0 aromatic carbocycles. The van der Waals surface area contributed by atoms with E-state index in [9.17, 15) is 5.11 Å². The van der Waals surface area contributed by atoms with E-state index in [2.05, 4.69) is 0 Å². The molecule has 1 aliphatic carbocycles. The highest BCUT2D eigenvalue weighted by atomic mass is 16.3. The van der Waals surface area contributed by atoms with E-state index in [1.165, 1.54) is 12.8 Å². The van der Waals surface area contributed by atoms with Crippen LogP contribution in [0.15, 0.2) is 22.8 Å². The number of aliphatic hydroxyl groups is 1. The minimum atomic E-state index is -0.205. The molecule has 2 rings (SSSR count). The summed E-state index contributed by atoms with van der Waals surface area (Å²) in [5.41, 5.74) is 0. The van der Waals surface area contributed by atoms with Crippen LogP contribution in [0.3, 0.4) is 0 Å². The summed E-state index contributed by atoms with van der Waals surface area (Å²) in [7, 11) is 0. The normalized spacial score (nSPS) is 19.4. The first kappa shape index (κ1) is 7.87. The lowest BCUT2D eigenvalue weighted by atomic mass is 10.1. The molecule has 1 N–H and O–H groups in total. The number of furan rings is 1. The largest absolute Gasteiger partial charge is 0.469 e. The summed E-state index contributed by atoms with van der Waals surface area (Å²) in [5.74, 6) is 1.68. The maximum absolute atomic E-state index is 9.57. The molecular weight excluding hydrogens is 152 g/mol. The van der Waals surface area contributed by atoms with Crippen LogP contribution in [0.2, 0.25) is 0 Å². The fraction of sp³-hybridized carbons (Fsp3) is 0.600. The Hall–Kier alpha value is -0.760. The van der Waals surface area contributed by atoms with Crippen LogP contribution in [0.1, 0.15) is 25.0 Å². The van der Waals surface area contributed by atoms with E-state index in [0.29, 0.717) is 6.42 Å². The second kappa shape index (κ2) is 3.31. The van der Waals surface area contributed by atoms with Crippen LogP contribution < -0.4 is 0 Å². The van der Waals surface area contributed by atoms with Gasteiger partial charge in [-0.1, -0.05) is 12.8 Å². The third-order valence-electron chi connectivity index (χ3n) is 2.32. The van der Waals surface area contributed by atoms with Crippen molar-refractivity contribution in [3.8, 4) is 0 Å². The van der Waals surface area contributed by atoms with E-state index in [-0.39, 0.29) is 6.10 Å². The summed E-state index contributed by atoms with van der Waals surface area (Å²) in [6.45, 7) is 0. The third kappa shape index (κ3) is 2.11. The molecule has 1 aromatic heterocycles. The zero-order valence-electron chi connectivity index (χ0n) is 7.07. The van der Waals surface area contributed by atoms with Gasteiger partial charge in [0.1, 0.15) is 5.76 Å². The minimum absolute atomic E-state index is 0.205. The van der Waals surface area contributed by atoms with E-state index in [1.54, 1.807) is 6.26 Å². The maximum Gasteiger partial charge on any atom is 0.106 e. The Balaban J connectivity index is 1.77. The molecule has 1 aliphatic rings. The Morgan fingerprint density at radius 1 is 1.58 bits per heavy atom. The first-order valence-corrected chi connectivity index (χ1v) is 4.55. The van der Waals surface area contributed by atoms with Crippen molar-refractivity contribution < 1.29 is 9.52 Å². The van der Waals surface area contributed by atoms with Gasteiger partial charge in [-0.15, -0.1) is 0 Å². The number of aliphatic hydroxyl groups excluding tert-OH is 1. The molecule has 0 aliphatic heterocycles. The van der Waals surface area contributed by atoms with Gasteiger partial charge >= 0.3 is 0 Å². The van der Waals surface area contributed by atoms with Crippen LogP contribution in [0.5, 0.6) is 0 Å². The molecule has 1 heterocycles. The Bertz CT molecular complexity index is 224. The SMILES string of the molecule is OC(Cc1ccco1)CC1CC1. The number of rotatable bonds is 4. The summed E-state index contributed by atoms with van der Waals surface area (Å²) in [6.07, 6.45) is 5.66. The smallest absolute Gasteiger partial charge is 0.106 e. The molecular formula is C10H14O2. The molecule has 1 saturated carbocycles. The molecule has 0 saturated heterocycles. The highest BCUT2D eigenvalue weighted by Gasteiger charge is 2.24. The topological polar surface area (TPSA) is 33.4 Å². The fourth-order valence-electron chi connectivity index (χ4n) is 1.48. The van der Waals surface area contributed by atoms with Crippen molar-refractivity contribution in [1.82, 2.24) is 0 Å². The molecule has 1 fully saturated rings. The van der Waals surface area contributed by atoms with Gasteiger partial charge in [0.2, 0.25) is 0 Å². The number of hydrogen-bond acceptors (Lipinski definition) is 2. The van der Waals surface area contributed by atoms with Gasteiger partial charge in [-0.25, -0.2) is 0 Å². The van der Waals surface area contributed by atoms with Gasteiger partial charge < -0.3 is 9.52 Å². The number of hydrogen-bond donors (Lipinski definition) is 1. The predicted octanol–water partition coefficient (Wildman–Crippen LogP) is 1.98. The summed E-state index contributed by atoms with van der Waals surface area (Å²) >= 11 is 0. The second-order valence-electron chi connectivity index (χ2n) is 3.62. The molecule has 12 heavy (non-hydrogen) atoms. The van der Waals surface area contributed by atoms with Crippen molar-refractivity contribution in [2.75, 3.05) is 0 Å². The van der Waals surface area contributed by atoms with Crippen molar-refractivity contribution in [1.29, 1.82) is 0 Å². The molecule has 66 valence electrons. The molecule has 2 heteroatoms. The van der Waals surface area contributed by atoms with Gasteiger partial charge in [0.05, 0.1) is 12.4 Å². The van der Waals surface area contributed by atoms with E-state index in [1.807, 2.05) is 12.1 Å². The average molecular weight is 166 g/mol. The summed E-state index contributed by atoms with van der Waals surface area (Å²) < 4.78 is 5.15. The molecule has 1 aromatic rings. The van der Waals surface area contributed by atoms with Gasteiger partial charge in [-0.05, 0) is 24.5 Å². The zero-order chi connectivity index (χ0) is 8.39. The molecule has 0 bridgehead atoms. The average Bonchev–Trinajstić information content (AvgIpc) is 2.66. The molecule has 0 radical (unpaired) electrons. The Labute approximate surface area is 72.2 Å². The lowest BCUT2D eigenvalue weighted by molar-refractivity contribution is 0.151. The van der Waals surface area contributed by atoms with E-state index < -0.39 is 0 Å². The molecule has 0 spiro atoms. The van der Waals surface area contributed by atoms with Crippen LogP contribution in [-0.4, -0.2) is 11.2 Å². The summed E-state index contributed by atoms with van der Waals surface area (Å²) in [4.78, 5) is 0. The molecule has 1 unspecified atom stereocenters. The first-order valence-electron chi connectivity index (χ1n) is 4.55. The van der Waals surface area contributed by atoms with Gasteiger partial charge in [-0.3, -0.25) is 0 Å².